The van der Waals surface area contributed by atoms with Gasteiger partial charge < -0.3 is 15.8 Å². The van der Waals surface area contributed by atoms with Crippen molar-refractivity contribution in [2.24, 2.45) is 5.73 Å². The van der Waals surface area contributed by atoms with Gasteiger partial charge in [0.2, 0.25) is 0 Å². The Morgan fingerprint density at radius 3 is 2.56 bits per heavy atom. The average molecular weight is 248 g/mol. The number of rotatable bonds is 8. The normalized spacial score (nSPS) is 12.2. The van der Waals surface area contributed by atoms with Gasteiger partial charge in [-0.1, -0.05) is 31.2 Å². The Balaban J connectivity index is 2.60. The van der Waals surface area contributed by atoms with E-state index < -0.39 is 0 Å². The lowest BCUT2D eigenvalue weighted by Gasteiger charge is -2.17. The van der Waals surface area contributed by atoms with Gasteiger partial charge in [0.05, 0.1) is 6.61 Å². The number of benzene rings is 1. The highest BCUT2D eigenvalue weighted by atomic mass is 16.5. The van der Waals surface area contributed by atoms with Gasteiger partial charge >= 0.3 is 0 Å². The fourth-order valence-corrected chi connectivity index (χ4v) is 1.65. The van der Waals surface area contributed by atoms with Crippen molar-refractivity contribution < 1.29 is 4.74 Å². The summed E-state index contributed by atoms with van der Waals surface area (Å²) in [6.45, 7) is 10.1. The number of hydrogen-bond acceptors (Lipinski definition) is 3. The minimum Gasteiger partial charge on any atom is -0.494 e. The Kier molecular flexibility index (Phi) is 6.47. The fraction of sp³-hybridized carbons (Fsp3) is 0.467. The molecule has 0 heterocycles. The molecule has 0 aliphatic carbocycles. The fourth-order valence-electron chi connectivity index (χ4n) is 1.65. The van der Waals surface area contributed by atoms with Crippen LogP contribution in [0.2, 0.25) is 0 Å². The van der Waals surface area contributed by atoms with Crippen LogP contribution < -0.4 is 15.8 Å². The van der Waals surface area contributed by atoms with Gasteiger partial charge in [-0.3, -0.25) is 0 Å². The Morgan fingerprint density at radius 2 is 2.06 bits per heavy atom. The van der Waals surface area contributed by atoms with E-state index in [1.807, 2.05) is 19.1 Å². The minimum absolute atomic E-state index is 0.168. The quantitative estimate of drug-likeness (QED) is 0.695. The smallest absolute Gasteiger partial charge is 0.119 e. The lowest BCUT2D eigenvalue weighted by molar-refractivity contribution is 0.317. The van der Waals surface area contributed by atoms with Gasteiger partial charge in [0.15, 0.2) is 0 Å². The Labute approximate surface area is 110 Å². The van der Waals surface area contributed by atoms with E-state index in [0.29, 0.717) is 6.54 Å². The van der Waals surface area contributed by atoms with E-state index in [1.54, 1.807) is 0 Å². The molecule has 0 spiro atoms. The van der Waals surface area contributed by atoms with Crippen LogP contribution in [0, 0.1) is 0 Å². The molecular formula is C15H24N2O. The van der Waals surface area contributed by atoms with Crippen molar-refractivity contribution in [3.8, 4) is 5.75 Å². The van der Waals surface area contributed by atoms with Crippen molar-refractivity contribution in [2.75, 3.05) is 19.7 Å². The molecule has 1 aromatic carbocycles. The van der Waals surface area contributed by atoms with Crippen LogP contribution in [-0.2, 0) is 0 Å². The molecule has 1 atom stereocenters. The third-order valence-electron chi connectivity index (χ3n) is 2.64. The van der Waals surface area contributed by atoms with Gasteiger partial charge in [-0.15, -0.1) is 0 Å². The van der Waals surface area contributed by atoms with E-state index in [0.717, 1.165) is 30.9 Å². The molecule has 3 nitrogen and oxygen atoms in total. The van der Waals surface area contributed by atoms with Crippen LogP contribution in [0.15, 0.2) is 36.4 Å². The van der Waals surface area contributed by atoms with Crippen molar-refractivity contribution in [1.82, 2.24) is 5.32 Å². The SMILES string of the molecule is C=C(C)CNC(CN)c1ccc(OCCC)cc1. The molecule has 3 heteroatoms. The zero-order valence-electron chi connectivity index (χ0n) is 11.4. The summed E-state index contributed by atoms with van der Waals surface area (Å²) < 4.78 is 5.56. The summed E-state index contributed by atoms with van der Waals surface area (Å²) in [7, 11) is 0. The van der Waals surface area contributed by atoms with Gasteiger partial charge in [-0.05, 0) is 31.0 Å². The number of nitrogens with two attached hydrogens (primary N) is 1. The Bertz CT molecular complexity index is 359. The number of hydrogen-bond donors (Lipinski definition) is 2. The summed E-state index contributed by atoms with van der Waals surface area (Å²) in [5.41, 5.74) is 8.08. The second-order valence-electron chi connectivity index (χ2n) is 4.54. The number of ether oxygens (including phenoxy) is 1. The van der Waals surface area contributed by atoms with Crippen LogP contribution in [0.3, 0.4) is 0 Å². The molecule has 0 fully saturated rings. The number of nitrogens with one attached hydrogen (secondary N) is 1. The zero-order chi connectivity index (χ0) is 13.4. The van der Waals surface area contributed by atoms with E-state index in [4.69, 9.17) is 10.5 Å². The second kappa shape index (κ2) is 7.90. The van der Waals surface area contributed by atoms with E-state index in [-0.39, 0.29) is 6.04 Å². The summed E-state index contributed by atoms with van der Waals surface area (Å²) in [6.07, 6.45) is 1.02. The second-order valence-corrected chi connectivity index (χ2v) is 4.54. The average Bonchev–Trinajstić information content (AvgIpc) is 2.38. The molecule has 0 aromatic heterocycles. The topological polar surface area (TPSA) is 47.3 Å². The molecule has 0 amide bonds. The Morgan fingerprint density at radius 1 is 1.39 bits per heavy atom. The molecule has 0 radical (unpaired) electrons. The van der Waals surface area contributed by atoms with Crippen LogP contribution in [0.5, 0.6) is 5.75 Å². The van der Waals surface area contributed by atoms with Crippen molar-refractivity contribution >= 4 is 0 Å². The Hall–Kier alpha value is -1.32. The molecule has 1 aromatic rings. The summed E-state index contributed by atoms with van der Waals surface area (Å²) in [4.78, 5) is 0. The van der Waals surface area contributed by atoms with Gasteiger partial charge in [-0.25, -0.2) is 0 Å². The summed E-state index contributed by atoms with van der Waals surface area (Å²) in [5.74, 6) is 0.913. The van der Waals surface area contributed by atoms with Gasteiger partial charge in [0.25, 0.3) is 0 Å². The predicted molar refractivity (Wildman–Crippen MR) is 76.8 cm³/mol. The van der Waals surface area contributed by atoms with Crippen LogP contribution in [0.4, 0.5) is 0 Å². The highest BCUT2D eigenvalue weighted by Crippen LogP contribution is 2.17. The highest BCUT2D eigenvalue weighted by Gasteiger charge is 2.08. The first-order valence-electron chi connectivity index (χ1n) is 6.48. The maximum Gasteiger partial charge on any atom is 0.119 e. The lowest BCUT2D eigenvalue weighted by Crippen LogP contribution is -2.29. The van der Waals surface area contributed by atoms with E-state index >= 15 is 0 Å². The predicted octanol–water partition coefficient (Wildman–Crippen LogP) is 2.64. The molecule has 18 heavy (non-hydrogen) atoms. The molecule has 100 valence electrons. The molecule has 1 rings (SSSR count). The minimum atomic E-state index is 0.168. The summed E-state index contributed by atoms with van der Waals surface area (Å²) in [5, 5.41) is 3.38. The van der Waals surface area contributed by atoms with Crippen molar-refractivity contribution in [1.29, 1.82) is 0 Å². The van der Waals surface area contributed by atoms with Crippen molar-refractivity contribution in [3.05, 3.63) is 42.0 Å². The van der Waals surface area contributed by atoms with Gasteiger partial charge in [0, 0.05) is 19.1 Å². The van der Waals surface area contributed by atoms with Crippen LogP contribution >= 0.6 is 0 Å². The third-order valence-corrected chi connectivity index (χ3v) is 2.64. The van der Waals surface area contributed by atoms with E-state index in [2.05, 4.69) is 31.0 Å². The highest BCUT2D eigenvalue weighted by molar-refractivity contribution is 5.29. The molecule has 0 aliphatic rings. The van der Waals surface area contributed by atoms with Crippen molar-refractivity contribution in [2.45, 2.75) is 26.3 Å². The summed E-state index contributed by atoms with van der Waals surface area (Å²) in [6, 6.07) is 8.29. The van der Waals surface area contributed by atoms with Crippen molar-refractivity contribution in [3.63, 3.8) is 0 Å². The maximum atomic E-state index is 5.79. The van der Waals surface area contributed by atoms with Crippen LogP contribution in [-0.4, -0.2) is 19.7 Å². The molecule has 0 bridgehead atoms. The van der Waals surface area contributed by atoms with E-state index in [1.165, 1.54) is 5.56 Å². The standard InChI is InChI=1S/C15H24N2O/c1-4-9-18-14-7-5-13(6-8-14)15(10-16)17-11-12(2)3/h5-8,15,17H,2,4,9-11,16H2,1,3H3. The first-order valence-corrected chi connectivity index (χ1v) is 6.48. The first-order chi connectivity index (χ1) is 8.67. The van der Waals surface area contributed by atoms with Crippen LogP contribution in [0.25, 0.3) is 0 Å². The molecule has 0 saturated heterocycles. The molecule has 3 N–H and O–H groups in total. The molecule has 0 aliphatic heterocycles. The molecule has 0 saturated carbocycles. The zero-order valence-corrected chi connectivity index (χ0v) is 11.4. The van der Waals surface area contributed by atoms with Gasteiger partial charge in [0.1, 0.15) is 5.75 Å². The maximum absolute atomic E-state index is 5.79. The third kappa shape index (κ3) is 4.90. The summed E-state index contributed by atoms with van der Waals surface area (Å²) >= 11 is 0. The molecular weight excluding hydrogens is 224 g/mol. The lowest BCUT2D eigenvalue weighted by atomic mass is 10.1. The van der Waals surface area contributed by atoms with Crippen LogP contribution in [0.1, 0.15) is 31.9 Å². The van der Waals surface area contributed by atoms with Gasteiger partial charge in [-0.2, -0.15) is 0 Å². The monoisotopic (exact) mass is 248 g/mol. The molecule has 1 unspecified atom stereocenters. The van der Waals surface area contributed by atoms with E-state index in [9.17, 15) is 0 Å². The largest absolute Gasteiger partial charge is 0.494 e. The first kappa shape index (κ1) is 14.7.